The van der Waals surface area contributed by atoms with Gasteiger partial charge in [0.25, 0.3) is 11.8 Å². The Hall–Kier alpha value is -2.68. The first-order valence-electron chi connectivity index (χ1n) is 7.66. The van der Waals surface area contributed by atoms with Crippen molar-refractivity contribution < 1.29 is 19.2 Å². The minimum Gasteiger partial charge on any atom is -0.324 e. The molecule has 2 rings (SSSR count). The van der Waals surface area contributed by atoms with E-state index in [0.29, 0.717) is 0 Å². The zero-order valence-corrected chi connectivity index (χ0v) is 15.0. The first-order chi connectivity index (χ1) is 11.7. The minimum atomic E-state index is -0.966. The van der Waals surface area contributed by atoms with Crippen LogP contribution in [0.3, 0.4) is 0 Å². The number of nitrogens with one attached hydrogen (secondary N) is 3. The number of hydrogen-bond acceptors (Lipinski definition) is 5. The molecule has 8 nitrogen and oxygen atoms in total. The zero-order valence-electron chi connectivity index (χ0n) is 14.2. The molecule has 1 aromatic rings. The van der Waals surface area contributed by atoms with Crippen molar-refractivity contribution >= 4 is 41.2 Å². The van der Waals surface area contributed by atoms with Crippen LogP contribution in [0.4, 0.5) is 4.79 Å². The smallest absolute Gasteiger partial charge is 0.324 e. The maximum atomic E-state index is 12.0. The number of hydrazine groups is 1. The van der Waals surface area contributed by atoms with Crippen molar-refractivity contribution in [3.63, 3.8) is 0 Å². The molecule has 3 N–H and O–H groups in total. The van der Waals surface area contributed by atoms with E-state index in [2.05, 4.69) is 16.2 Å². The zero-order chi connectivity index (χ0) is 18.6. The lowest BCUT2D eigenvalue weighted by Crippen LogP contribution is -2.43. The minimum absolute atomic E-state index is 0.0555. The molecule has 0 saturated carbocycles. The van der Waals surface area contributed by atoms with Crippen LogP contribution in [0.1, 0.15) is 30.7 Å². The highest BCUT2D eigenvalue weighted by atomic mass is 32.1. The topological polar surface area (TPSA) is 108 Å². The molecule has 1 aliphatic heterocycles. The monoisotopic (exact) mass is 364 g/mol. The predicted octanol–water partition coefficient (Wildman–Crippen LogP) is 0.938. The van der Waals surface area contributed by atoms with Gasteiger partial charge in [-0.2, -0.15) is 0 Å². The molecule has 1 fully saturated rings. The summed E-state index contributed by atoms with van der Waals surface area (Å²) in [5, 5.41) is 4.45. The van der Waals surface area contributed by atoms with Crippen LogP contribution in [0.2, 0.25) is 0 Å². The van der Waals surface area contributed by atoms with Crippen molar-refractivity contribution in [3.05, 3.63) is 28.0 Å². The highest BCUT2D eigenvalue weighted by molar-refractivity contribution is 7.11. The molecule has 5 amide bonds. The van der Waals surface area contributed by atoms with Gasteiger partial charge in [0.1, 0.15) is 5.54 Å². The fourth-order valence-electron chi connectivity index (χ4n) is 2.18. The molecule has 0 spiro atoms. The van der Waals surface area contributed by atoms with Crippen LogP contribution in [0, 0.1) is 6.92 Å². The van der Waals surface area contributed by atoms with Crippen molar-refractivity contribution in [1.29, 1.82) is 0 Å². The third-order valence-corrected chi connectivity index (χ3v) is 4.60. The number of aryl methyl sites for hydroxylation is 1. The maximum Gasteiger partial charge on any atom is 0.325 e. The van der Waals surface area contributed by atoms with Crippen LogP contribution >= 0.6 is 11.3 Å². The molecule has 0 bridgehead atoms. The SMILES string of the molecule is Cc1ccsc1/C=C\C(=O)NNC(=O)CCN1C(=O)NC(C)(C)C1=O. The molecule has 9 heteroatoms. The Morgan fingerprint density at radius 2 is 2.04 bits per heavy atom. The van der Waals surface area contributed by atoms with Crippen molar-refractivity contribution in [2.24, 2.45) is 0 Å². The van der Waals surface area contributed by atoms with Gasteiger partial charge in [-0.15, -0.1) is 11.3 Å². The first-order valence-corrected chi connectivity index (χ1v) is 8.54. The van der Waals surface area contributed by atoms with Gasteiger partial charge in [0.2, 0.25) is 5.91 Å². The Kier molecular flexibility index (Phi) is 5.58. The Morgan fingerprint density at radius 3 is 2.60 bits per heavy atom. The summed E-state index contributed by atoms with van der Waals surface area (Å²) in [5.41, 5.74) is 4.60. The van der Waals surface area contributed by atoms with E-state index in [1.165, 1.54) is 17.4 Å². The predicted molar refractivity (Wildman–Crippen MR) is 93.3 cm³/mol. The molecular weight excluding hydrogens is 344 g/mol. The van der Waals surface area contributed by atoms with Gasteiger partial charge in [-0.25, -0.2) is 4.79 Å². The Balaban J connectivity index is 1.75. The van der Waals surface area contributed by atoms with E-state index < -0.39 is 23.4 Å². The molecule has 25 heavy (non-hydrogen) atoms. The van der Waals surface area contributed by atoms with Gasteiger partial charge in [-0.3, -0.25) is 30.1 Å². The van der Waals surface area contributed by atoms with E-state index in [9.17, 15) is 19.2 Å². The lowest BCUT2D eigenvalue weighted by atomic mass is 10.1. The third kappa shape index (κ3) is 4.66. The molecular formula is C16H20N4O4S. The second kappa shape index (κ2) is 7.47. The van der Waals surface area contributed by atoms with Crippen LogP contribution in [0.5, 0.6) is 0 Å². The number of imide groups is 1. The van der Waals surface area contributed by atoms with E-state index >= 15 is 0 Å². The number of rotatable bonds is 5. The summed E-state index contributed by atoms with van der Waals surface area (Å²) < 4.78 is 0. The number of carbonyl (C=O) groups is 4. The average molecular weight is 364 g/mol. The number of carbonyl (C=O) groups excluding carboxylic acids is 4. The van der Waals surface area contributed by atoms with E-state index in [1.807, 2.05) is 18.4 Å². The van der Waals surface area contributed by atoms with Crippen molar-refractivity contribution in [1.82, 2.24) is 21.1 Å². The summed E-state index contributed by atoms with van der Waals surface area (Å²) in [6, 6.07) is 1.42. The Bertz CT molecular complexity index is 738. The molecule has 2 heterocycles. The van der Waals surface area contributed by atoms with Crippen molar-refractivity contribution in [3.8, 4) is 0 Å². The fourth-order valence-corrected chi connectivity index (χ4v) is 3.00. The first kappa shape index (κ1) is 18.7. The summed E-state index contributed by atoms with van der Waals surface area (Å²) in [5.74, 6) is -1.36. The number of amides is 5. The third-order valence-electron chi connectivity index (χ3n) is 3.62. The van der Waals surface area contributed by atoms with Gasteiger partial charge in [0.05, 0.1) is 0 Å². The standard InChI is InChI=1S/C16H20N4O4S/c1-10-7-9-25-11(10)4-5-12(21)18-19-13(22)6-8-20-14(23)16(2,3)17-15(20)24/h4-5,7,9H,6,8H2,1-3H3,(H,17,24)(H,18,21)(H,19,22)/b5-4-. The largest absolute Gasteiger partial charge is 0.325 e. The van der Waals surface area contributed by atoms with Crippen molar-refractivity contribution in [2.75, 3.05) is 6.54 Å². The summed E-state index contributed by atoms with van der Waals surface area (Å²) in [4.78, 5) is 49.0. The second-order valence-corrected chi connectivity index (χ2v) is 7.05. The molecule has 134 valence electrons. The summed E-state index contributed by atoms with van der Waals surface area (Å²) >= 11 is 1.51. The lowest BCUT2D eigenvalue weighted by molar-refractivity contribution is -0.131. The van der Waals surface area contributed by atoms with Crippen LogP contribution in [0.15, 0.2) is 17.5 Å². The van der Waals surface area contributed by atoms with Crippen LogP contribution in [-0.4, -0.2) is 40.7 Å². The second-order valence-electron chi connectivity index (χ2n) is 6.10. The van der Waals surface area contributed by atoms with E-state index in [4.69, 9.17) is 0 Å². The van der Waals surface area contributed by atoms with E-state index in [1.54, 1.807) is 19.9 Å². The number of urea groups is 1. The maximum absolute atomic E-state index is 12.0. The summed E-state index contributed by atoms with van der Waals surface area (Å²) in [6.45, 7) is 5.07. The van der Waals surface area contributed by atoms with Gasteiger partial charge < -0.3 is 5.32 Å². The van der Waals surface area contributed by atoms with Gasteiger partial charge in [-0.05, 0) is 43.9 Å². The molecule has 0 radical (unpaired) electrons. The molecule has 1 aliphatic rings. The molecule has 1 saturated heterocycles. The quantitative estimate of drug-likeness (QED) is 0.410. The van der Waals surface area contributed by atoms with Gasteiger partial charge in [0.15, 0.2) is 0 Å². The molecule has 0 aliphatic carbocycles. The Labute approximate surface area is 149 Å². The van der Waals surface area contributed by atoms with Gasteiger partial charge >= 0.3 is 6.03 Å². The van der Waals surface area contributed by atoms with Crippen LogP contribution in [0.25, 0.3) is 6.08 Å². The number of nitrogens with zero attached hydrogens (tertiary/aromatic N) is 1. The highest BCUT2D eigenvalue weighted by Crippen LogP contribution is 2.17. The molecule has 0 aromatic carbocycles. The summed E-state index contributed by atoms with van der Waals surface area (Å²) in [6.07, 6.45) is 2.87. The van der Waals surface area contributed by atoms with Crippen LogP contribution in [-0.2, 0) is 14.4 Å². The molecule has 0 atom stereocenters. The van der Waals surface area contributed by atoms with E-state index in [0.717, 1.165) is 15.3 Å². The number of thiophene rings is 1. The van der Waals surface area contributed by atoms with Gasteiger partial charge in [0, 0.05) is 23.9 Å². The van der Waals surface area contributed by atoms with Crippen LogP contribution < -0.4 is 16.2 Å². The van der Waals surface area contributed by atoms with E-state index in [-0.39, 0.29) is 18.9 Å². The van der Waals surface area contributed by atoms with Gasteiger partial charge in [-0.1, -0.05) is 0 Å². The average Bonchev–Trinajstić information content (AvgIpc) is 3.03. The molecule has 1 aromatic heterocycles. The van der Waals surface area contributed by atoms with Crippen molar-refractivity contribution in [2.45, 2.75) is 32.7 Å². The normalized spacial score (nSPS) is 16.2. The number of hydrogen-bond donors (Lipinski definition) is 3. The highest BCUT2D eigenvalue weighted by Gasteiger charge is 2.43. The fraction of sp³-hybridized carbons (Fsp3) is 0.375. The summed E-state index contributed by atoms with van der Waals surface area (Å²) in [7, 11) is 0. The molecule has 0 unspecified atom stereocenters. The Morgan fingerprint density at radius 1 is 1.32 bits per heavy atom. The lowest BCUT2D eigenvalue weighted by Gasteiger charge is -2.15.